The number of amides is 1. The normalized spacial score (nSPS) is 27.8. The molecule has 2 aliphatic rings. The van der Waals surface area contributed by atoms with Crippen LogP contribution in [0.15, 0.2) is 24.3 Å². The number of likely N-dealkylation sites (N-methyl/N-ethyl adjacent to an activating group) is 1. The fourth-order valence-electron chi connectivity index (χ4n) is 2.93. The summed E-state index contributed by atoms with van der Waals surface area (Å²) in [6.45, 7) is 2.42. The average molecular weight is 262 g/mol. The molecule has 1 amide bonds. The molecule has 5 nitrogen and oxygen atoms in total. The van der Waals surface area contributed by atoms with Crippen molar-refractivity contribution < 1.29 is 14.6 Å². The number of ether oxygens (including phenoxy) is 1. The van der Waals surface area contributed by atoms with Crippen LogP contribution >= 0.6 is 0 Å². The molecule has 2 saturated heterocycles. The zero-order chi connectivity index (χ0) is 13.5. The summed E-state index contributed by atoms with van der Waals surface area (Å²) >= 11 is 0. The van der Waals surface area contributed by atoms with Crippen molar-refractivity contribution in [2.75, 3.05) is 31.6 Å². The summed E-state index contributed by atoms with van der Waals surface area (Å²) in [5.41, 5.74) is 0.380. The number of hydrogen-bond acceptors (Lipinski definition) is 4. The summed E-state index contributed by atoms with van der Waals surface area (Å²) in [6.07, 6.45) is 1.43. The van der Waals surface area contributed by atoms with Gasteiger partial charge >= 0.3 is 6.09 Å². The topological polar surface area (TPSA) is 53.0 Å². The van der Waals surface area contributed by atoms with Gasteiger partial charge in [0.1, 0.15) is 11.4 Å². The van der Waals surface area contributed by atoms with Crippen LogP contribution in [0.5, 0.6) is 5.75 Å². The third-order valence-corrected chi connectivity index (χ3v) is 3.96. The fourth-order valence-corrected chi connectivity index (χ4v) is 2.93. The third kappa shape index (κ3) is 2.26. The largest absolute Gasteiger partial charge is 0.508 e. The molecule has 1 atom stereocenters. The Labute approximate surface area is 112 Å². The summed E-state index contributed by atoms with van der Waals surface area (Å²) in [5.74, 6) is 0.159. The van der Waals surface area contributed by atoms with Crippen molar-refractivity contribution in [1.82, 2.24) is 4.90 Å². The molecular weight excluding hydrogens is 244 g/mol. The van der Waals surface area contributed by atoms with Crippen LogP contribution in [0.25, 0.3) is 0 Å². The predicted molar refractivity (Wildman–Crippen MR) is 71.4 cm³/mol. The molecule has 102 valence electrons. The molecular formula is C14H18N2O3. The van der Waals surface area contributed by atoms with Gasteiger partial charge in [-0.1, -0.05) is 6.07 Å². The average Bonchev–Trinajstić information content (AvgIpc) is 2.70. The molecule has 0 radical (unpaired) electrons. The Bertz CT molecular complexity index is 505. The molecule has 0 bridgehead atoms. The molecule has 1 N–H and O–H groups in total. The summed E-state index contributed by atoms with van der Waals surface area (Å²) in [6, 6.07) is 6.71. The highest BCUT2D eigenvalue weighted by Gasteiger charge is 2.45. The minimum atomic E-state index is -0.313. The highest BCUT2D eigenvalue weighted by Crippen LogP contribution is 2.34. The number of phenols is 1. The molecule has 1 spiro atoms. The maximum Gasteiger partial charge on any atom is 0.414 e. The number of rotatable bonds is 1. The second-order valence-corrected chi connectivity index (χ2v) is 5.46. The van der Waals surface area contributed by atoms with Crippen LogP contribution in [-0.4, -0.2) is 48.4 Å². The number of aromatic hydroxyl groups is 1. The SMILES string of the molecule is CN1CCC2(CCN(c3cccc(O)c3)C(=O)O2)C1. The quantitative estimate of drug-likeness (QED) is 0.838. The first-order chi connectivity index (χ1) is 9.08. The van der Waals surface area contributed by atoms with E-state index in [2.05, 4.69) is 4.90 Å². The Morgan fingerprint density at radius 2 is 2.11 bits per heavy atom. The first-order valence-electron chi connectivity index (χ1n) is 6.56. The molecule has 1 aromatic carbocycles. The van der Waals surface area contributed by atoms with Crippen LogP contribution < -0.4 is 4.90 Å². The Morgan fingerprint density at radius 3 is 2.74 bits per heavy atom. The van der Waals surface area contributed by atoms with Gasteiger partial charge in [0.05, 0.1) is 5.69 Å². The van der Waals surface area contributed by atoms with Gasteiger partial charge in [0.25, 0.3) is 0 Å². The van der Waals surface area contributed by atoms with Gasteiger partial charge in [-0.3, -0.25) is 4.90 Å². The van der Waals surface area contributed by atoms with Gasteiger partial charge in [0.15, 0.2) is 0 Å². The Balaban J connectivity index is 1.77. The van der Waals surface area contributed by atoms with Crippen molar-refractivity contribution in [3.05, 3.63) is 24.3 Å². The Hall–Kier alpha value is -1.75. The van der Waals surface area contributed by atoms with Gasteiger partial charge in [-0.25, -0.2) is 4.79 Å². The van der Waals surface area contributed by atoms with Crippen molar-refractivity contribution in [2.24, 2.45) is 0 Å². The lowest BCUT2D eigenvalue weighted by Gasteiger charge is -2.38. The van der Waals surface area contributed by atoms with Crippen LogP contribution in [0.2, 0.25) is 0 Å². The number of hydrogen-bond donors (Lipinski definition) is 1. The van der Waals surface area contributed by atoms with E-state index in [0.717, 1.165) is 25.9 Å². The van der Waals surface area contributed by atoms with E-state index in [1.165, 1.54) is 0 Å². The standard InChI is InChI=1S/C14H18N2O3/c1-15-7-5-14(10-15)6-8-16(13(18)19-14)11-3-2-4-12(17)9-11/h2-4,9,17H,5-8,10H2,1H3. The van der Waals surface area contributed by atoms with E-state index in [9.17, 15) is 9.90 Å². The van der Waals surface area contributed by atoms with Crippen molar-refractivity contribution in [3.63, 3.8) is 0 Å². The molecule has 3 rings (SSSR count). The highest BCUT2D eigenvalue weighted by molar-refractivity contribution is 5.89. The molecule has 2 aliphatic heterocycles. The maximum atomic E-state index is 12.2. The van der Waals surface area contributed by atoms with Gasteiger partial charge in [0, 0.05) is 38.5 Å². The van der Waals surface area contributed by atoms with E-state index >= 15 is 0 Å². The lowest BCUT2D eigenvalue weighted by molar-refractivity contribution is 0.00434. The minimum absolute atomic E-state index is 0.159. The first kappa shape index (κ1) is 12.3. The van der Waals surface area contributed by atoms with E-state index in [1.54, 1.807) is 29.2 Å². The van der Waals surface area contributed by atoms with Crippen molar-refractivity contribution in [3.8, 4) is 5.75 Å². The number of phenolic OH excluding ortho intramolecular Hbond substituents is 1. The fraction of sp³-hybridized carbons (Fsp3) is 0.500. The van der Waals surface area contributed by atoms with Gasteiger partial charge < -0.3 is 14.7 Å². The molecule has 0 aliphatic carbocycles. The molecule has 1 aromatic rings. The Kier molecular flexibility index (Phi) is 2.86. The number of likely N-dealkylation sites (tertiary alicyclic amines) is 1. The number of benzene rings is 1. The first-order valence-corrected chi connectivity index (χ1v) is 6.56. The monoisotopic (exact) mass is 262 g/mol. The molecule has 0 aromatic heterocycles. The highest BCUT2D eigenvalue weighted by atomic mass is 16.6. The van der Waals surface area contributed by atoms with Crippen molar-refractivity contribution >= 4 is 11.8 Å². The molecule has 1 unspecified atom stereocenters. The van der Waals surface area contributed by atoms with Crippen molar-refractivity contribution in [2.45, 2.75) is 18.4 Å². The van der Waals surface area contributed by atoms with E-state index in [0.29, 0.717) is 12.2 Å². The minimum Gasteiger partial charge on any atom is -0.508 e. The number of anilines is 1. The predicted octanol–water partition coefficient (Wildman–Crippen LogP) is 1.81. The molecule has 5 heteroatoms. The summed E-state index contributed by atoms with van der Waals surface area (Å²) in [4.78, 5) is 16.0. The summed E-state index contributed by atoms with van der Waals surface area (Å²) in [5, 5.41) is 9.48. The van der Waals surface area contributed by atoms with E-state index in [1.807, 2.05) is 7.05 Å². The van der Waals surface area contributed by atoms with Gasteiger partial charge in [-0.15, -0.1) is 0 Å². The van der Waals surface area contributed by atoms with Crippen LogP contribution in [0.1, 0.15) is 12.8 Å². The van der Waals surface area contributed by atoms with Gasteiger partial charge in [0.2, 0.25) is 0 Å². The lowest BCUT2D eigenvalue weighted by atomic mass is 9.96. The second kappa shape index (κ2) is 4.42. The third-order valence-electron chi connectivity index (χ3n) is 3.96. The lowest BCUT2D eigenvalue weighted by Crippen LogP contribution is -2.50. The van der Waals surface area contributed by atoms with Crippen LogP contribution in [0.3, 0.4) is 0 Å². The summed E-state index contributed by atoms with van der Waals surface area (Å²) < 4.78 is 5.68. The van der Waals surface area contributed by atoms with E-state index in [-0.39, 0.29) is 17.4 Å². The zero-order valence-electron chi connectivity index (χ0n) is 11.0. The van der Waals surface area contributed by atoms with Gasteiger partial charge in [-0.05, 0) is 19.2 Å². The number of nitrogens with zero attached hydrogens (tertiary/aromatic N) is 2. The number of carbonyl (C=O) groups is 1. The smallest absolute Gasteiger partial charge is 0.414 e. The Morgan fingerprint density at radius 1 is 1.32 bits per heavy atom. The van der Waals surface area contributed by atoms with Crippen LogP contribution in [-0.2, 0) is 4.74 Å². The number of carbonyl (C=O) groups excluding carboxylic acids is 1. The zero-order valence-corrected chi connectivity index (χ0v) is 11.0. The van der Waals surface area contributed by atoms with Crippen molar-refractivity contribution in [1.29, 1.82) is 0 Å². The maximum absolute atomic E-state index is 12.2. The van der Waals surface area contributed by atoms with E-state index < -0.39 is 0 Å². The van der Waals surface area contributed by atoms with Crippen LogP contribution in [0, 0.1) is 0 Å². The molecule has 2 heterocycles. The molecule has 19 heavy (non-hydrogen) atoms. The van der Waals surface area contributed by atoms with Gasteiger partial charge in [-0.2, -0.15) is 0 Å². The van der Waals surface area contributed by atoms with Crippen LogP contribution in [0.4, 0.5) is 10.5 Å². The second-order valence-electron chi connectivity index (χ2n) is 5.46. The molecule has 2 fully saturated rings. The molecule has 0 saturated carbocycles. The van der Waals surface area contributed by atoms with E-state index in [4.69, 9.17) is 4.74 Å². The summed E-state index contributed by atoms with van der Waals surface area (Å²) in [7, 11) is 2.05.